The number of amides is 1. The molecule has 21 heavy (non-hydrogen) atoms. The summed E-state index contributed by atoms with van der Waals surface area (Å²) in [6.07, 6.45) is 3.18. The average Bonchev–Trinajstić information content (AvgIpc) is 3.09. The third-order valence-corrected chi connectivity index (χ3v) is 5.37. The molecule has 0 saturated carbocycles. The Morgan fingerprint density at radius 1 is 1.19 bits per heavy atom. The van der Waals surface area contributed by atoms with Crippen molar-refractivity contribution < 1.29 is 4.79 Å². The van der Waals surface area contributed by atoms with Crippen molar-refractivity contribution in [1.82, 2.24) is 4.90 Å². The maximum Gasteiger partial charge on any atom is 0.253 e. The number of benzene rings is 1. The van der Waals surface area contributed by atoms with Crippen molar-refractivity contribution in [2.75, 3.05) is 13.1 Å². The summed E-state index contributed by atoms with van der Waals surface area (Å²) in [4.78, 5) is 16.0. The number of hydrogen-bond acceptors (Lipinski definition) is 2. The lowest BCUT2D eigenvalue weighted by Crippen LogP contribution is -2.37. The van der Waals surface area contributed by atoms with E-state index in [2.05, 4.69) is 36.6 Å². The minimum atomic E-state index is 0.183. The second kappa shape index (κ2) is 6.44. The zero-order chi connectivity index (χ0) is 14.7. The number of carbonyl (C=O) groups excluding carboxylic acids is 1. The van der Waals surface area contributed by atoms with Crippen molar-refractivity contribution in [2.24, 2.45) is 0 Å². The molecule has 0 radical (unpaired) electrons. The van der Waals surface area contributed by atoms with E-state index in [0.29, 0.717) is 5.92 Å². The van der Waals surface area contributed by atoms with Gasteiger partial charge in [-0.2, -0.15) is 0 Å². The van der Waals surface area contributed by atoms with Crippen LogP contribution in [-0.2, 0) is 6.42 Å². The fraction of sp³-hybridized carbons (Fsp3) is 0.389. The summed E-state index contributed by atoms with van der Waals surface area (Å²) in [6.45, 7) is 3.88. The molecule has 3 rings (SSSR count). The van der Waals surface area contributed by atoms with E-state index in [4.69, 9.17) is 0 Å². The van der Waals surface area contributed by atoms with Gasteiger partial charge >= 0.3 is 0 Å². The summed E-state index contributed by atoms with van der Waals surface area (Å²) in [5.41, 5.74) is 2.10. The molecule has 1 fully saturated rings. The normalized spacial score (nSPS) is 16.1. The third-order valence-electron chi connectivity index (χ3n) is 4.34. The van der Waals surface area contributed by atoms with Crippen molar-refractivity contribution >= 4 is 17.2 Å². The Morgan fingerprint density at radius 2 is 1.90 bits per heavy atom. The molecule has 3 heteroatoms. The summed E-state index contributed by atoms with van der Waals surface area (Å²) in [6, 6.07) is 12.4. The van der Waals surface area contributed by atoms with Gasteiger partial charge in [-0.3, -0.25) is 4.79 Å². The van der Waals surface area contributed by atoms with E-state index in [1.807, 2.05) is 28.4 Å². The molecule has 0 aliphatic carbocycles. The molecule has 1 aliphatic heterocycles. The van der Waals surface area contributed by atoms with Crippen molar-refractivity contribution in [3.8, 4) is 0 Å². The second-order valence-corrected chi connectivity index (χ2v) is 6.61. The Hall–Kier alpha value is -1.61. The van der Waals surface area contributed by atoms with E-state index in [0.717, 1.165) is 37.9 Å². The molecule has 0 bridgehead atoms. The van der Waals surface area contributed by atoms with Crippen molar-refractivity contribution in [3.05, 3.63) is 57.8 Å². The van der Waals surface area contributed by atoms with Crippen LogP contribution < -0.4 is 0 Å². The first-order chi connectivity index (χ1) is 10.3. The molecule has 1 aromatic carbocycles. The van der Waals surface area contributed by atoms with Gasteiger partial charge in [0.25, 0.3) is 5.91 Å². The molecule has 1 aliphatic rings. The second-order valence-electron chi connectivity index (χ2n) is 5.63. The van der Waals surface area contributed by atoms with Gasteiger partial charge in [-0.05, 0) is 54.3 Å². The number of likely N-dealkylation sites (tertiary alicyclic amines) is 1. The van der Waals surface area contributed by atoms with E-state index >= 15 is 0 Å². The molecule has 1 saturated heterocycles. The molecule has 0 N–H and O–H groups in total. The standard InChI is InChI=1S/C18H21NOS/c1-2-14-5-7-16(8-6-14)18(20)19-11-9-15(10-12-19)17-4-3-13-21-17/h3-8,13,15H,2,9-12H2,1H3. The maximum absolute atomic E-state index is 12.5. The van der Waals surface area contributed by atoms with Crippen LogP contribution in [0.2, 0.25) is 0 Å². The average molecular weight is 299 g/mol. The van der Waals surface area contributed by atoms with Crippen LogP contribution in [-0.4, -0.2) is 23.9 Å². The summed E-state index contributed by atoms with van der Waals surface area (Å²) in [5.74, 6) is 0.818. The zero-order valence-electron chi connectivity index (χ0n) is 12.4. The van der Waals surface area contributed by atoms with Gasteiger partial charge in [-0.25, -0.2) is 0 Å². The van der Waals surface area contributed by atoms with E-state index in [9.17, 15) is 4.79 Å². The van der Waals surface area contributed by atoms with Crippen LogP contribution in [0.5, 0.6) is 0 Å². The lowest BCUT2D eigenvalue weighted by molar-refractivity contribution is 0.0713. The Bertz CT molecular complexity index is 580. The highest BCUT2D eigenvalue weighted by Crippen LogP contribution is 2.31. The number of thiophene rings is 1. The number of hydrogen-bond donors (Lipinski definition) is 0. The molecule has 0 spiro atoms. The molecule has 1 aromatic heterocycles. The number of piperidine rings is 1. The van der Waals surface area contributed by atoms with Gasteiger partial charge in [-0.15, -0.1) is 11.3 Å². The highest BCUT2D eigenvalue weighted by Gasteiger charge is 2.24. The highest BCUT2D eigenvalue weighted by atomic mass is 32.1. The molecular formula is C18H21NOS. The molecule has 110 valence electrons. The van der Waals surface area contributed by atoms with Gasteiger partial charge < -0.3 is 4.90 Å². The molecule has 0 unspecified atom stereocenters. The first-order valence-electron chi connectivity index (χ1n) is 7.69. The maximum atomic E-state index is 12.5. The monoisotopic (exact) mass is 299 g/mol. The molecular weight excluding hydrogens is 278 g/mol. The van der Waals surface area contributed by atoms with Crippen LogP contribution in [0.25, 0.3) is 0 Å². The molecule has 2 aromatic rings. The Morgan fingerprint density at radius 3 is 2.48 bits per heavy atom. The minimum Gasteiger partial charge on any atom is -0.339 e. The van der Waals surface area contributed by atoms with Gasteiger partial charge in [0.05, 0.1) is 0 Å². The highest BCUT2D eigenvalue weighted by molar-refractivity contribution is 7.10. The predicted molar refractivity (Wildman–Crippen MR) is 88.0 cm³/mol. The van der Waals surface area contributed by atoms with Crippen molar-refractivity contribution in [1.29, 1.82) is 0 Å². The van der Waals surface area contributed by atoms with Gasteiger partial charge in [0.15, 0.2) is 0 Å². The number of aryl methyl sites for hydroxylation is 1. The van der Waals surface area contributed by atoms with Gasteiger partial charge in [0.2, 0.25) is 0 Å². The van der Waals surface area contributed by atoms with E-state index < -0.39 is 0 Å². The van der Waals surface area contributed by atoms with Crippen LogP contribution >= 0.6 is 11.3 Å². The fourth-order valence-electron chi connectivity index (χ4n) is 2.96. The molecule has 1 amide bonds. The van der Waals surface area contributed by atoms with Crippen molar-refractivity contribution in [3.63, 3.8) is 0 Å². The Labute approximate surface area is 130 Å². The van der Waals surface area contributed by atoms with Crippen LogP contribution in [0, 0.1) is 0 Å². The van der Waals surface area contributed by atoms with E-state index in [1.54, 1.807) is 0 Å². The molecule has 0 atom stereocenters. The summed E-state index contributed by atoms with van der Waals surface area (Å²) >= 11 is 1.84. The Balaban J connectivity index is 1.62. The smallest absolute Gasteiger partial charge is 0.253 e. The first-order valence-corrected chi connectivity index (χ1v) is 8.57. The lowest BCUT2D eigenvalue weighted by atomic mass is 9.95. The summed E-state index contributed by atoms with van der Waals surface area (Å²) in [5, 5.41) is 2.14. The molecule has 2 heterocycles. The lowest BCUT2D eigenvalue weighted by Gasteiger charge is -2.31. The van der Waals surface area contributed by atoms with Crippen LogP contribution in [0.3, 0.4) is 0 Å². The van der Waals surface area contributed by atoms with E-state index in [-0.39, 0.29) is 5.91 Å². The van der Waals surface area contributed by atoms with Crippen LogP contribution in [0.15, 0.2) is 41.8 Å². The number of carbonyl (C=O) groups is 1. The quantitative estimate of drug-likeness (QED) is 0.826. The van der Waals surface area contributed by atoms with Crippen LogP contribution in [0.4, 0.5) is 0 Å². The minimum absolute atomic E-state index is 0.183. The van der Waals surface area contributed by atoms with E-state index in [1.165, 1.54) is 10.4 Å². The topological polar surface area (TPSA) is 20.3 Å². The SMILES string of the molecule is CCc1ccc(C(=O)N2CCC(c3cccs3)CC2)cc1. The fourth-order valence-corrected chi connectivity index (χ4v) is 3.86. The zero-order valence-corrected chi connectivity index (χ0v) is 13.2. The summed E-state index contributed by atoms with van der Waals surface area (Å²) in [7, 11) is 0. The van der Waals surface area contributed by atoms with Crippen molar-refractivity contribution in [2.45, 2.75) is 32.1 Å². The Kier molecular flexibility index (Phi) is 4.39. The predicted octanol–water partition coefficient (Wildman–Crippen LogP) is 4.33. The first kappa shape index (κ1) is 14.3. The molecule has 2 nitrogen and oxygen atoms in total. The number of rotatable bonds is 3. The van der Waals surface area contributed by atoms with Gasteiger partial charge in [0, 0.05) is 23.5 Å². The van der Waals surface area contributed by atoms with Gasteiger partial charge in [-0.1, -0.05) is 25.1 Å². The number of nitrogens with zero attached hydrogens (tertiary/aromatic N) is 1. The summed E-state index contributed by atoms with van der Waals surface area (Å²) < 4.78 is 0. The third kappa shape index (κ3) is 3.18. The van der Waals surface area contributed by atoms with Gasteiger partial charge in [0.1, 0.15) is 0 Å². The largest absolute Gasteiger partial charge is 0.339 e. The van der Waals surface area contributed by atoms with Crippen LogP contribution in [0.1, 0.15) is 46.5 Å².